The Hall–Kier alpha value is -3.40. The molecular formula is C19H14ClF3N6O. The monoisotopic (exact) mass is 434 g/mol. The number of alkyl halides is 3. The molecular weight excluding hydrogens is 421 g/mol. The van der Waals surface area contributed by atoms with Gasteiger partial charge >= 0.3 is 6.18 Å². The van der Waals surface area contributed by atoms with Crippen LogP contribution in [-0.4, -0.2) is 30.7 Å². The molecule has 1 amide bonds. The molecule has 0 fully saturated rings. The number of fused-ring (bicyclic) bond motifs is 1. The highest BCUT2D eigenvalue weighted by molar-refractivity contribution is 6.32. The van der Waals surface area contributed by atoms with Gasteiger partial charge in [0.1, 0.15) is 11.2 Å². The number of rotatable bonds is 4. The van der Waals surface area contributed by atoms with E-state index < -0.39 is 17.8 Å². The maximum atomic E-state index is 13.2. The maximum Gasteiger partial charge on any atom is 0.435 e. The second-order valence-electron chi connectivity index (χ2n) is 6.49. The van der Waals surface area contributed by atoms with Crippen LogP contribution in [-0.2, 0) is 19.8 Å². The highest BCUT2D eigenvalue weighted by Gasteiger charge is 2.36. The molecule has 2 heterocycles. The average molecular weight is 435 g/mol. The van der Waals surface area contributed by atoms with Crippen molar-refractivity contribution in [3.05, 3.63) is 70.5 Å². The van der Waals surface area contributed by atoms with E-state index in [2.05, 4.69) is 20.7 Å². The molecule has 30 heavy (non-hydrogen) atoms. The third-order valence-electron chi connectivity index (χ3n) is 4.44. The van der Waals surface area contributed by atoms with E-state index in [1.165, 1.54) is 12.1 Å². The molecule has 0 radical (unpaired) electrons. The molecule has 7 nitrogen and oxygen atoms in total. The minimum absolute atomic E-state index is 0.0837. The number of nitrogens with one attached hydrogen (secondary N) is 1. The minimum Gasteiger partial charge on any atom is -0.347 e. The van der Waals surface area contributed by atoms with Crippen molar-refractivity contribution >= 4 is 28.5 Å². The first-order chi connectivity index (χ1) is 14.2. The third kappa shape index (κ3) is 3.73. The quantitative estimate of drug-likeness (QED) is 0.530. The van der Waals surface area contributed by atoms with Crippen LogP contribution in [0.5, 0.6) is 0 Å². The van der Waals surface area contributed by atoms with Crippen molar-refractivity contribution in [2.24, 2.45) is 7.05 Å². The van der Waals surface area contributed by atoms with Gasteiger partial charge in [0.15, 0.2) is 5.69 Å². The lowest BCUT2D eigenvalue weighted by molar-refractivity contribution is -0.141. The summed E-state index contributed by atoms with van der Waals surface area (Å²) in [5.41, 5.74) is 0.878. The third-order valence-corrected chi connectivity index (χ3v) is 4.76. The fourth-order valence-electron chi connectivity index (χ4n) is 2.96. The SMILES string of the molecule is Cn1nnc2cc(CNC(=O)c3cc(C(F)(F)F)nn3-c3ccccc3Cl)ccc21. The largest absolute Gasteiger partial charge is 0.435 e. The van der Waals surface area contributed by atoms with Crippen molar-refractivity contribution in [3.63, 3.8) is 0 Å². The van der Waals surface area contributed by atoms with E-state index in [0.29, 0.717) is 11.6 Å². The normalized spacial score (nSPS) is 11.8. The van der Waals surface area contributed by atoms with Crippen LogP contribution in [0.1, 0.15) is 21.7 Å². The lowest BCUT2D eigenvalue weighted by Gasteiger charge is -2.10. The summed E-state index contributed by atoms with van der Waals surface area (Å²) in [6.45, 7) is 0.0837. The molecule has 4 aromatic rings. The van der Waals surface area contributed by atoms with Crippen molar-refractivity contribution in [1.29, 1.82) is 0 Å². The number of aromatic nitrogens is 5. The fraction of sp³-hybridized carbons (Fsp3) is 0.158. The topological polar surface area (TPSA) is 77.6 Å². The lowest BCUT2D eigenvalue weighted by Crippen LogP contribution is -2.25. The zero-order valence-corrected chi connectivity index (χ0v) is 16.2. The number of para-hydroxylation sites is 1. The van der Waals surface area contributed by atoms with E-state index in [4.69, 9.17) is 11.6 Å². The number of nitrogens with zero attached hydrogens (tertiary/aromatic N) is 5. The summed E-state index contributed by atoms with van der Waals surface area (Å²) >= 11 is 6.10. The van der Waals surface area contributed by atoms with Gasteiger partial charge in [-0.3, -0.25) is 4.79 Å². The summed E-state index contributed by atoms with van der Waals surface area (Å²) in [5, 5.41) is 14.2. The van der Waals surface area contributed by atoms with Crippen LogP contribution in [0.25, 0.3) is 16.7 Å². The number of hydrogen-bond acceptors (Lipinski definition) is 4. The van der Waals surface area contributed by atoms with Crippen LogP contribution in [0.3, 0.4) is 0 Å². The van der Waals surface area contributed by atoms with Crippen molar-refractivity contribution in [2.75, 3.05) is 0 Å². The van der Waals surface area contributed by atoms with Gasteiger partial charge in [-0.15, -0.1) is 5.10 Å². The highest BCUT2D eigenvalue weighted by atomic mass is 35.5. The minimum atomic E-state index is -4.71. The first kappa shape index (κ1) is 19.9. The molecule has 154 valence electrons. The molecule has 0 saturated heterocycles. The molecule has 2 aromatic carbocycles. The Morgan fingerprint density at radius 2 is 1.93 bits per heavy atom. The van der Waals surface area contributed by atoms with Crippen LogP contribution in [0.15, 0.2) is 48.5 Å². The Bertz CT molecular complexity index is 1250. The summed E-state index contributed by atoms with van der Waals surface area (Å²) < 4.78 is 42.1. The molecule has 0 saturated carbocycles. The molecule has 0 aliphatic rings. The predicted octanol–water partition coefficient (Wildman–Crippen LogP) is 3.76. The summed E-state index contributed by atoms with van der Waals surface area (Å²) in [6, 6.07) is 12.2. The lowest BCUT2D eigenvalue weighted by atomic mass is 10.2. The second-order valence-corrected chi connectivity index (χ2v) is 6.90. The number of benzene rings is 2. The number of halogens is 4. The average Bonchev–Trinajstić information content (AvgIpc) is 3.31. The van der Waals surface area contributed by atoms with Gasteiger partial charge in [-0.1, -0.05) is 35.0 Å². The molecule has 0 aliphatic carbocycles. The van der Waals surface area contributed by atoms with Crippen LogP contribution < -0.4 is 5.32 Å². The summed E-state index contributed by atoms with van der Waals surface area (Å²) in [6.07, 6.45) is -4.71. The van der Waals surface area contributed by atoms with Crippen molar-refractivity contribution in [2.45, 2.75) is 12.7 Å². The van der Waals surface area contributed by atoms with E-state index in [9.17, 15) is 18.0 Å². The highest BCUT2D eigenvalue weighted by Crippen LogP contribution is 2.31. The van der Waals surface area contributed by atoms with E-state index in [1.807, 2.05) is 0 Å². The summed E-state index contributed by atoms with van der Waals surface area (Å²) in [5.74, 6) is -0.725. The van der Waals surface area contributed by atoms with E-state index in [1.54, 1.807) is 42.1 Å². The van der Waals surface area contributed by atoms with E-state index >= 15 is 0 Å². The van der Waals surface area contributed by atoms with Gasteiger partial charge in [-0.25, -0.2) is 9.36 Å². The molecule has 0 bridgehead atoms. The first-order valence-corrected chi connectivity index (χ1v) is 9.10. The number of carbonyl (C=O) groups is 1. The molecule has 11 heteroatoms. The van der Waals surface area contributed by atoms with Crippen LogP contribution in [0.4, 0.5) is 13.2 Å². The van der Waals surface area contributed by atoms with Crippen LogP contribution in [0, 0.1) is 0 Å². The maximum absolute atomic E-state index is 13.2. The zero-order valence-electron chi connectivity index (χ0n) is 15.5. The van der Waals surface area contributed by atoms with Crippen molar-refractivity contribution in [1.82, 2.24) is 30.1 Å². The number of amides is 1. The Morgan fingerprint density at radius 3 is 2.67 bits per heavy atom. The van der Waals surface area contributed by atoms with Crippen LogP contribution >= 0.6 is 11.6 Å². The second kappa shape index (κ2) is 7.45. The van der Waals surface area contributed by atoms with E-state index in [-0.39, 0.29) is 22.9 Å². The van der Waals surface area contributed by atoms with Gasteiger partial charge in [0, 0.05) is 19.7 Å². The molecule has 1 N–H and O–H groups in total. The van der Waals surface area contributed by atoms with Crippen molar-refractivity contribution < 1.29 is 18.0 Å². The molecule has 2 aromatic heterocycles. The van der Waals surface area contributed by atoms with Gasteiger partial charge < -0.3 is 5.32 Å². The first-order valence-electron chi connectivity index (χ1n) is 8.73. The zero-order chi connectivity index (χ0) is 21.5. The van der Waals surface area contributed by atoms with E-state index in [0.717, 1.165) is 15.8 Å². The van der Waals surface area contributed by atoms with Crippen LogP contribution in [0.2, 0.25) is 5.02 Å². The number of aryl methyl sites for hydroxylation is 1. The van der Waals surface area contributed by atoms with Gasteiger partial charge in [-0.05, 0) is 29.8 Å². The summed E-state index contributed by atoms with van der Waals surface area (Å²) in [7, 11) is 1.75. The molecule has 0 unspecified atom stereocenters. The predicted molar refractivity (Wildman–Crippen MR) is 103 cm³/mol. The Kier molecular flexibility index (Phi) is 4.94. The van der Waals surface area contributed by atoms with Gasteiger partial charge in [0.05, 0.1) is 16.2 Å². The van der Waals surface area contributed by atoms with Gasteiger partial charge in [0.2, 0.25) is 0 Å². The Balaban J connectivity index is 1.63. The standard InChI is InChI=1S/C19H14ClF3N6O/c1-28-15-7-6-11(8-13(15)25-27-28)10-24-18(30)16-9-17(19(21,22)23)26-29(16)14-5-3-2-4-12(14)20/h2-9H,10H2,1H3,(H,24,30). The fourth-order valence-corrected chi connectivity index (χ4v) is 3.17. The van der Waals surface area contributed by atoms with Gasteiger partial charge in [-0.2, -0.15) is 18.3 Å². The smallest absolute Gasteiger partial charge is 0.347 e. The number of hydrogen-bond donors (Lipinski definition) is 1. The Labute approximate surface area is 173 Å². The van der Waals surface area contributed by atoms with Crippen molar-refractivity contribution in [3.8, 4) is 5.69 Å². The Morgan fingerprint density at radius 1 is 1.17 bits per heavy atom. The molecule has 0 atom stereocenters. The molecule has 0 aliphatic heterocycles. The molecule has 4 rings (SSSR count). The summed E-state index contributed by atoms with van der Waals surface area (Å²) in [4.78, 5) is 12.7. The van der Waals surface area contributed by atoms with Gasteiger partial charge in [0.25, 0.3) is 5.91 Å². The molecule has 0 spiro atoms. The number of carbonyl (C=O) groups excluding carboxylic acids is 1.